The molecule has 1 aromatic carbocycles. The standard InChI is InChI=1S/C19H23N3O3/c1-22(10-15-9-16(21-20-15)12-6-7-12)19(23)14-8-13-4-3-5-17(24-2)18(13)25-11-14/h3-5,9,12,14H,6-8,10-11H2,1-2H3,(H,20,21)/t14-/m0/s1. The summed E-state index contributed by atoms with van der Waals surface area (Å²) >= 11 is 0. The van der Waals surface area contributed by atoms with Gasteiger partial charge in [-0.15, -0.1) is 0 Å². The van der Waals surface area contributed by atoms with Crippen LogP contribution in [0.4, 0.5) is 0 Å². The number of para-hydroxylation sites is 1. The Hall–Kier alpha value is -2.50. The highest BCUT2D eigenvalue weighted by atomic mass is 16.5. The van der Waals surface area contributed by atoms with Crippen molar-refractivity contribution in [3.8, 4) is 11.5 Å². The molecular formula is C19H23N3O3. The number of aromatic amines is 1. The number of hydrogen-bond acceptors (Lipinski definition) is 4. The molecule has 25 heavy (non-hydrogen) atoms. The molecule has 6 heteroatoms. The first-order valence-electron chi connectivity index (χ1n) is 8.73. The molecule has 2 heterocycles. The van der Waals surface area contributed by atoms with E-state index in [1.807, 2.05) is 25.2 Å². The number of aromatic nitrogens is 2. The monoisotopic (exact) mass is 341 g/mol. The van der Waals surface area contributed by atoms with Gasteiger partial charge in [0, 0.05) is 13.0 Å². The number of hydrogen-bond donors (Lipinski definition) is 1. The van der Waals surface area contributed by atoms with Gasteiger partial charge in [-0.25, -0.2) is 0 Å². The van der Waals surface area contributed by atoms with Gasteiger partial charge in [0.15, 0.2) is 11.5 Å². The summed E-state index contributed by atoms with van der Waals surface area (Å²) in [6.45, 7) is 0.923. The van der Waals surface area contributed by atoms with Gasteiger partial charge in [0.25, 0.3) is 0 Å². The lowest BCUT2D eigenvalue weighted by Crippen LogP contribution is -2.38. The molecule has 132 valence electrons. The minimum absolute atomic E-state index is 0.0936. The summed E-state index contributed by atoms with van der Waals surface area (Å²) in [6.07, 6.45) is 3.12. The number of fused-ring (bicyclic) bond motifs is 1. The zero-order valence-corrected chi connectivity index (χ0v) is 14.6. The first-order chi connectivity index (χ1) is 12.2. The molecule has 1 aromatic heterocycles. The van der Waals surface area contributed by atoms with Crippen LogP contribution < -0.4 is 9.47 Å². The third-order valence-electron chi connectivity index (χ3n) is 4.95. The molecule has 1 fully saturated rings. The van der Waals surface area contributed by atoms with E-state index in [0.717, 1.165) is 28.5 Å². The van der Waals surface area contributed by atoms with Gasteiger partial charge in [0.1, 0.15) is 6.61 Å². The molecular weight excluding hydrogens is 318 g/mol. The molecule has 1 amide bonds. The fourth-order valence-electron chi connectivity index (χ4n) is 3.41. The Morgan fingerprint density at radius 1 is 1.44 bits per heavy atom. The largest absolute Gasteiger partial charge is 0.493 e. The van der Waals surface area contributed by atoms with Crippen molar-refractivity contribution in [1.29, 1.82) is 0 Å². The van der Waals surface area contributed by atoms with Gasteiger partial charge < -0.3 is 14.4 Å². The van der Waals surface area contributed by atoms with E-state index in [0.29, 0.717) is 25.5 Å². The molecule has 6 nitrogen and oxygen atoms in total. The third kappa shape index (κ3) is 3.21. The summed E-state index contributed by atoms with van der Waals surface area (Å²) in [5, 5.41) is 7.41. The van der Waals surface area contributed by atoms with E-state index in [4.69, 9.17) is 9.47 Å². The molecule has 0 unspecified atom stereocenters. The number of methoxy groups -OCH3 is 1. The van der Waals surface area contributed by atoms with Crippen LogP contribution in [0.3, 0.4) is 0 Å². The third-order valence-corrected chi connectivity index (χ3v) is 4.95. The van der Waals surface area contributed by atoms with Crippen molar-refractivity contribution in [1.82, 2.24) is 15.1 Å². The Morgan fingerprint density at radius 2 is 2.28 bits per heavy atom. The van der Waals surface area contributed by atoms with Gasteiger partial charge in [-0.3, -0.25) is 9.89 Å². The molecule has 4 rings (SSSR count). The fraction of sp³-hybridized carbons (Fsp3) is 0.474. The molecule has 0 saturated heterocycles. The summed E-state index contributed by atoms with van der Waals surface area (Å²) in [6, 6.07) is 7.89. The van der Waals surface area contributed by atoms with Gasteiger partial charge in [0.2, 0.25) is 5.91 Å². The number of carbonyl (C=O) groups is 1. The number of benzene rings is 1. The highest BCUT2D eigenvalue weighted by Crippen LogP contribution is 2.39. The van der Waals surface area contributed by atoms with E-state index in [1.54, 1.807) is 12.0 Å². The van der Waals surface area contributed by atoms with Crippen LogP contribution in [0.15, 0.2) is 24.3 Å². The lowest BCUT2D eigenvalue weighted by Gasteiger charge is -2.28. The Bertz CT molecular complexity index is 782. The summed E-state index contributed by atoms with van der Waals surface area (Å²) in [7, 11) is 3.46. The van der Waals surface area contributed by atoms with Crippen LogP contribution in [0.5, 0.6) is 11.5 Å². The predicted octanol–water partition coefficient (Wildman–Crippen LogP) is 2.51. The van der Waals surface area contributed by atoms with Crippen molar-refractivity contribution in [2.24, 2.45) is 5.92 Å². The first-order valence-corrected chi connectivity index (χ1v) is 8.73. The zero-order valence-electron chi connectivity index (χ0n) is 14.6. The van der Waals surface area contributed by atoms with E-state index in [2.05, 4.69) is 16.3 Å². The smallest absolute Gasteiger partial charge is 0.229 e. The van der Waals surface area contributed by atoms with Crippen molar-refractivity contribution < 1.29 is 14.3 Å². The average molecular weight is 341 g/mol. The molecule has 0 spiro atoms. The van der Waals surface area contributed by atoms with Crippen molar-refractivity contribution in [3.63, 3.8) is 0 Å². The van der Waals surface area contributed by atoms with Gasteiger partial charge in [-0.05, 0) is 37.0 Å². The number of nitrogens with zero attached hydrogens (tertiary/aromatic N) is 2. The molecule has 1 saturated carbocycles. The summed E-state index contributed by atoms with van der Waals surface area (Å²) < 4.78 is 11.2. The van der Waals surface area contributed by atoms with Crippen LogP contribution in [0.1, 0.15) is 35.7 Å². The van der Waals surface area contributed by atoms with E-state index in [1.165, 1.54) is 12.8 Å². The lowest BCUT2D eigenvalue weighted by molar-refractivity contribution is -0.136. The Morgan fingerprint density at radius 3 is 3.04 bits per heavy atom. The van der Waals surface area contributed by atoms with Crippen LogP contribution >= 0.6 is 0 Å². The van der Waals surface area contributed by atoms with E-state index in [-0.39, 0.29) is 11.8 Å². The van der Waals surface area contributed by atoms with Crippen LogP contribution in [-0.2, 0) is 17.8 Å². The zero-order chi connectivity index (χ0) is 17.4. The second-order valence-electron chi connectivity index (χ2n) is 6.95. The topological polar surface area (TPSA) is 67.5 Å². The maximum absolute atomic E-state index is 12.8. The molecule has 1 aliphatic heterocycles. The molecule has 0 radical (unpaired) electrons. The molecule has 0 bridgehead atoms. The maximum Gasteiger partial charge on any atom is 0.229 e. The van der Waals surface area contributed by atoms with Gasteiger partial charge in [0.05, 0.1) is 31.0 Å². The maximum atomic E-state index is 12.8. The Labute approximate surface area is 147 Å². The number of amides is 1. The molecule has 1 atom stereocenters. The minimum atomic E-state index is -0.171. The fourth-order valence-corrected chi connectivity index (χ4v) is 3.41. The Balaban J connectivity index is 1.41. The molecule has 2 aliphatic rings. The number of ether oxygens (including phenoxy) is 2. The molecule has 1 aliphatic carbocycles. The highest BCUT2D eigenvalue weighted by molar-refractivity contribution is 5.79. The van der Waals surface area contributed by atoms with Crippen molar-refractivity contribution in [2.75, 3.05) is 20.8 Å². The van der Waals surface area contributed by atoms with Gasteiger partial charge in [-0.2, -0.15) is 5.10 Å². The van der Waals surface area contributed by atoms with Crippen LogP contribution in [0.2, 0.25) is 0 Å². The normalized spacial score (nSPS) is 19.0. The van der Waals surface area contributed by atoms with Crippen LogP contribution in [0.25, 0.3) is 0 Å². The second-order valence-corrected chi connectivity index (χ2v) is 6.95. The van der Waals surface area contributed by atoms with Crippen LogP contribution in [0, 0.1) is 5.92 Å². The average Bonchev–Trinajstić information content (AvgIpc) is 3.39. The number of nitrogens with one attached hydrogen (secondary N) is 1. The first kappa shape index (κ1) is 16.0. The van der Waals surface area contributed by atoms with Gasteiger partial charge >= 0.3 is 0 Å². The Kier molecular flexibility index (Phi) is 4.11. The summed E-state index contributed by atoms with van der Waals surface area (Å²) in [5.74, 6) is 2.02. The van der Waals surface area contributed by atoms with Crippen molar-refractivity contribution in [2.45, 2.75) is 31.7 Å². The SMILES string of the molecule is COc1cccc2c1OC[C@@H](C(=O)N(C)Cc1cc(C3CC3)n[nH]1)C2. The lowest BCUT2D eigenvalue weighted by atomic mass is 9.95. The van der Waals surface area contributed by atoms with Gasteiger partial charge in [-0.1, -0.05) is 12.1 Å². The number of carbonyl (C=O) groups excluding carboxylic acids is 1. The van der Waals surface area contributed by atoms with Crippen molar-refractivity contribution in [3.05, 3.63) is 41.2 Å². The molecule has 2 aromatic rings. The quantitative estimate of drug-likeness (QED) is 0.907. The van der Waals surface area contributed by atoms with Crippen molar-refractivity contribution >= 4 is 5.91 Å². The van der Waals surface area contributed by atoms with E-state index >= 15 is 0 Å². The molecule has 1 N–H and O–H groups in total. The highest BCUT2D eigenvalue weighted by Gasteiger charge is 2.30. The number of H-pyrrole nitrogens is 1. The second kappa shape index (κ2) is 6.43. The number of rotatable bonds is 5. The predicted molar refractivity (Wildman–Crippen MR) is 92.7 cm³/mol. The minimum Gasteiger partial charge on any atom is -0.493 e. The van der Waals surface area contributed by atoms with E-state index < -0.39 is 0 Å². The summed E-state index contributed by atoms with van der Waals surface area (Å²) in [5.41, 5.74) is 3.13. The van der Waals surface area contributed by atoms with E-state index in [9.17, 15) is 4.79 Å². The summed E-state index contributed by atoms with van der Waals surface area (Å²) in [4.78, 5) is 14.6. The van der Waals surface area contributed by atoms with Crippen LogP contribution in [-0.4, -0.2) is 41.8 Å².